The van der Waals surface area contributed by atoms with E-state index in [9.17, 15) is 34.8 Å². The largest absolute Gasteiger partial charge is 0.508 e. The lowest BCUT2D eigenvalue weighted by Gasteiger charge is -2.59. The maximum atomic E-state index is 14.5. The number of ketones is 3. The van der Waals surface area contributed by atoms with Crippen molar-refractivity contribution in [1.82, 2.24) is 0 Å². The molecule has 0 aliphatic heterocycles. The van der Waals surface area contributed by atoms with E-state index in [2.05, 4.69) is 25.9 Å². The van der Waals surface area contributed by atoms with Gasteiger partial charge >= 0.3 is 0 Å². The van der Waals surface area contributed by atoms with Crippen LogP contribution in [0.3, 0.4) is 0 Å². The van der Waals surface area contributed by atoms with Crippen LogP contribution in [-0.4, -0.2) is 56.7 Å². The van der Waals surface area contributed by atoms with Gasteiger partial charge in [-0.1, -0.05) is 53.6 Å². The molecule has 4 rings (SSSR count). The predicted octanol–water partition coefficient (Wildman–Crippen LogP) is 5.54. The fraction of sp³-hybridized carbons (Fsp3) is 0.588. The number of hydrogen-bond donors (Lipinski definition) is 4. The number of carbonyl (C=O) groups is 3. The molecule has 234 valence electrons. The first-order valence-electron chi connectivity index (χ1n) is 14.9. The molecule has 0 spiro atoms. The molecule has 1 fully saturated rings. The summed E-state index contributed by atoms with van der Waals surface area (Å²) in [4.78, 5) is 45.7. The third-order valence-corrected chi connectivity index (χ3v) is 9.79. The summed E-state index contributed by atoms with van der Waals surface area (Å²) in [5, 5.41) is 50.9. The Morgan fingerprint density at radius 2 is 1.81 bits per heavy atom. The smallest absolute Gasteiger partial charge is 0.203 e. The van der Waals surface area contributed by atoms with Crippen molar-refractivity contribution in [2.24, 2.45) is 33.2 Å². The molecule has 0 heterocycles. The number of aryl methyl sites for hydroxylation is 1. The number of Topliss-reactive ketones (excluding diaryl/α,β-unsaturated/α-hetero) is 3. The average molecular weight is 596 g/mol. The summed E-state index contributed by atoms with van der Waals surface area (Å²) in [6.45, 7) is 14.4. The van der Waals surface area contributed by atoms with E-state index in [1.165, 1.54) is 13.3 Å². The summed E-state index contributed by atoms with van der Waals surface area (Å²) >= 11 is 0. The van der Waals surface area contributed by atoms with Gasteiger partial charge in [-0.3, -0.25) is 14.4 Å². The number of allylic oxidation sites excluding steroid dienone is 1. The van der Waals surface area contributed by atoms with Gasteiger partial charge in [0, 0.05) is 27.9 Å². The van der Waals surface area contributed by atoms with Gasteiger partial charge in [0.1, 0.15) is 30.0 Å². The second kappa shape index (κ2) is 10.6. The molecule has 0 saturated heterocycles. The highest BCUT2D eigenvalue weighted by molar-refractivity contribution is 6.24. The molecule has 4 N–H and O–H groups in total. The van der Waals surface area contributed by atoms with Gasteiger partial charge in [0.15, 0.2) is 17.2 Å². The lowest BCUT2D eigenvalue weighted by atomic mass is 9.43. The van der Waals surface area contributed by atoms with E-state index in [0.717, 1.165) is 19.8 Å². The lowest BCUT2D eigenvalue weighted by Crippen LogP contribution is -2.69. The number of fused-ring (bicyclic) bond motifs is 3. The maximum Gasteiger partial charge on any atom is 0.203 e. The molecule has 9 heteroatoms. The van der Waals surface area contributed by atoms with E-state index < -0.39 is 56.8 Å². The van der Waals surface area contributed by atoms with Gasteiger partial charge in [0.2, 0.25) is 5.78 Å². The first kappa shape index (κ1) is 32.5. The molecule has 3 aliphatic carbocycles. The lowest BCUT2D eigenvalue weighted by molar-refractivity contribution is -0.178. The summed E-state index contributed by atoms with van der Waals surface area (Å²) < 4.78 is 0. The van der Waals surface area contributed by atoms with Gasteiger partial charge in [-0.2, -0.15) is 0 Å². The van der Waals surface area contributed by atoms with Crippen LogP contribution in [0.4, 0.5) is 0 Å². The number of phenols is 1. The van der Waals surface area contributed by atoms with E-state index in [1.807, 2.05) is 6.07 Å². The number of rotatable bonds is 7. The van der Waals surface area contributed by atoms with Gasteiger partial charge < -0.3 is 25.3 Å². The molecule has 3 aliphatic rings. The Balaban J connectivity index is 2.01. The molecule has 0 aromatic heterocycles. The van der Waals surface area contributed by atoms with Crippen LogP contribution in [0.5, 0.6) is 5.75 Å². The van der Waals surface area contributed by atoms with Crippen LogP contribution in [0, 0.1) is 28.1 Å². The summed E-state index contributed by atoms with van der Waals surface area (Å²) in [5.41, 5.74) is -4.13. The van der Waals surface area contributed by atoms with Gasteiger partial charge in [0.25, 0.3) is 0 Å². The minimum absolute atomic E-state index is 0.0276. The summed E-state index contributed by atoms with van der Waals surface area (Å²) in [7, 11) is 1.41. The first-order valence-corrected chi connectivity index (χ1v) is 14.9. The van der Waals surface area contributed by atoms with E-state index >= 15 is 0 Å². The van der Waals surface area contributed by atoms with E-state index in [4.69, 9.17) is 4.84 Å². The van der Waals surface area contributed by atoms with Gasteiger partial charge in [-0.05, 0) is 67.6 Å². The van der Waals surface area contributed by atoms with Crippen molar-refractivity contribution in [2.75, 3.05) is 7.11 Å². The summed E-state index contributed by atoms with van der Waals surface area (Å²) in [5.74, 6) is -5.34. The van der Waals surface area contributed by atoms with E-state index in [-0.39, 0.29) is 41.1 Å². The summed E-state index contributed by atoms with van der Waals surface area (Å²) in [6.07, 6.45) is 3.86. The highest BCUT2D eigenvalue weighted by atomic mass is 16.6. The number of aliphatic hydroxyl groups excluding tert-OH is 2. The fourth-order valence-electron chi connectivity index (χ4n) is 8.10. The van der Waals surface area contributed by atoms with Gasteiger partial charge in [-0.15, -0.1) is 0 Å². The van der Waals surface area contributed by atoms with Crippen molar-refractivity contribution < 1.29 is 39.6 Å². The Morgan fingerprint density at radius 3 is 2.35 bits per heavy atom. The molecule has 9 nitrogen and oxygen atoms in total. The molecule has 43 heavy (non-hydrogen) atoms. The number of benzene rings is 1. The SMILES string of the molecule is CO/N=C/c1cc(CCCC(C)(C)C)c(O)c2c1C[C@]1(C)C[C@]3(C)C(C(C)C)C(=O)C(C(C)=O)=C(O)[C@]3(O)C(=O)C1=C2O. The van der Waals surface area contributed by atoms with E-state index in [0.29, 0.717) is 23.1 Å². The number of hydrogen-bond acceptors (Lipinski definition) is 9. The Hall–Kier alpha value is -3.46. The summed E-state index contributed by atoms with van der Waals surface area (Å²) in [6, 6.07) is 1.82. The van der Waals surface area contributed by atoms with Crippen LogP contribution >= 0.6 is 0 Å². The monoisotopic (exact) mass is 595 g/mol. The highest BCUT2D eigenvalue weighted by Gasteiger charge is 2.72. The zero-order chi connectivity index (χ0) is 32.4. The number of aliphatic hydroxyl groups is 3. The Kier molecular flexibility index (Phi) is 8.01. The number of oxime groups is 1. The molecule has 1 unspecified atom stereocenters. The Morgan fingerprint density at radius 1 is 1.19 bits per heavy atom. The van der Waals surface area contributed by atoms with Crippen molar-refractivity contribution in [1.29, 1.82) is 0 Å². The Labute approximate surface area is 253 Å². The maximum absolute atomic E-state index is 14.5. The van der Waals surface area contributed by atoms with Crippen LogP contribution < -0.4 is 0 Å². The standard InChI is InChI=1S/C34H45NO8/c1-17(2)24-27(38)22(18(3)36)29(40)34(42)30(41)25-28(39)23-21(14-32(25,7)16-33(24,34)8)20(15-35-43-9)13-19(26(23)37)11-10-12-31(4,5)6/h13,15,17,24,37,39-40,42H,10-12,14,16H2,1-9H3/b35-15+/t24?,32-,33-,34+/m1/s1. The van der Waals surface area contributed by atoms with Crippen LogP contribution in [0.15, 0.2) is 28.1 Å². The minimum Gasteiger partial charge on any atom is -0.508 e. The minimum atomic E-state index is -2.64. The molecule has 1 saturated carbocycles. The molecular formula is C34H45NO8. The quantitative estimate of drug-likeness (QED) is 0.182. The molecule has 0 amide bonds. The number of phenolic OH excluding ortho intramolecular Hbond substituents is 1. The van der Waals surface area contributed by atoms with Crippen molar-refractivity contribution in [3.8, 4) is 5.75 Å². The highest BCUT2D eigenvalue weighted by Crippen LogP contribution is 2.65. The molecule has 4 atom stereocenters. The van der Waals surface area contributed by atoms with Crippen LogP contribution in [-0.2, 0) is 32.1 Å². The zero-order valence-corrected chi connectivity index (χ0v) is 26.7. The third kappa shape index (κ3) is 4.80. The first-order chi connectivity index (χ1) is 19.8. The topological polar surface area (TPSA) is 154 Å². The van der Waals surface area contributed by atoms with Gasteiger partial charge in [0.05, 0.1) is 11.8 Å². The molecule has 0 bridgehead atoms. The predicted molar refractivity (Wildman–Crippen MR) is 163 cm³/mol. The van der Waals surface area contributed by atoms with Crippen LogP contribution in [0.25, 0.3) is 5.76 Å². The third-order valence-electron chi connectivity index (χ3n) is 9.79. The molecule has 0 radical (unpaired) electrons. The number of aromatic hydroxyl groups is 1. The molecule has 1 aromatic carbocycles. The number of nitrogens with zero attached hydrogens (tertiary/aromatic N) is 1. The number of carbonyl (C=O) groups excluding carboxylic acids is 3. The van der Waals surface area contributed by atoms with Crippen molar-refractivity contribution >= 4 is 29.3 Å². The van der Waals surface area contributed by atoms with Crippen molar-refractivity contribution in [2.45, 2.75) is 93.1 Å². The normalized spacial score (nSPS) is 29.2. The van der Waals surface area contributed by atoms with E-state index in [1.54, 1.807) is 27.7 Å². The molecule has 1 aromatic rings. The fourth-order valence-corrected chi connectivity index (χ4v) is 8.10. The van der Waals surface area contributed by atoms with Crippen LogP contribution in [0.2, 0.25) is 0 Å². The average Bonchev–Trinajstić information content (AvgIpc) is 2.85. The second-order valence-electron chi connectivity index (χ2n) is 14.6. The second-order valence-corrected chi connectivity index (χ2v) is 14.6. The van der Waals surface area contributed by atoms with Crippen molar-refractivity contribution in [3.63, 3.8) is 0 Å². The van der Waals surface area contributed by atoms with Crippen LogP contribution in [0.1, 0.15) is 96.9 Å². The molecular weight excluding hydrogens is 550 g/mol. The van der Waals surface area contributed by atoms with Gasteiger partial charge in [-0.25, -0.2) is 0 Å². The van der Waals surface area contributed by atoms with Crippen molar-refractivity contribution in [3.05, 3.63) is 45.2 Å². The Bertz CT molecular complexity index is 1490. The zero-order valence-electron chi connectivity index (χ0n) is 26.7.